The lowest BCUT2D eigenvalue weighted by atomic mass is 10.1. The highest BCUT2D eigenvalue weighted by Gasteiger charge is 2.36. The minimum Gasteiger partial charge on any atom is -0.308 e. The summed E-state index contributed by atoms with van der Waals surface area (Å²) >= 11 is 0. The van der Waals surface area contributed by atoms with Gasteiger partial charge in [0.2, 0.25) is 0 Å². The predicted octanol–water partition coefficient (Wildman–Crippen LogP) is 3.13. The molecule has 16 heavy (non-hydrogen) atoms. The second-order valence-corrected chi connectivity index (χ2v) is 6.46. The third-order valence-corrected chi connectivity index (χ3v) is 5.25. The van der Waals surface area contributed by atoms with Crippen molar-refractivity contribution < 1.29 is 13.6 Å². The van der Waals surface area contributed by atoms with Crippen LogP contribution in [0.25, 0.3) is 0 Å². The van der Waals surface area contributed by atoms with Gasteiger partial charge in [0.1, 0.15) is 5.78 Å². The molecule has 0 unspecified atom stereocenters. The Morgan fingerprint density at radius 1 is 1.19 bits per heavy atom. The molecule has 1 heterocycles. The standard InChI is InChI=1S/C11H24NO3P/c1-4-14-16(13,15-5-2)11-9-7-6-8-10(3)12-11/h10-12H,4-9H2,1-3H3/t10-,11+/m0/s1. The van der Waals surface area contributed by atoms with Gasteiger partial charge in [0.25, 0.3) is 0 Å². The molecule has 5 heteroatoms. The second-order valence-electron chi connectivity index (χ2n) is 4.24. The first-order valence-electron chi connectivity index (χ1n) is 6.27. The molecule has 1 rings (SSSR count). The Hall–Kier alpha value is 0.110. The number of hydrogen-bond donors (Lipinski definition) is 1. The van der Waals surface area contributed by atoms with Gasteiger partial charge in [-0.3, -0.25) is 4.57 Å². The third kappa shape index (κ3) is 3.85. The van der Waals surface area contributed by atoms with E-state index < -0.39 is 7.60 Å². The molecule has 0 amide bonds. The van der Waals surface area contributed by atoms with E-state index in [9.17, 15) is 4.57 Å². The molecule has 1 aliphatic rings. The topological polar surface area (TPSA) is 47.6 Å². The quantitative estimate of drug-likeness (QED) is 0.760. The van der Waals surface area contributed by atoms with E-state index in [1.807, 2.05) is 13.8 Å². The van der Waals surface area contributed by atoms with Crippen LogP contribution >= 0.6 is 7.60 Å². The highest BCUT2D eigenvalue weighted by molar-refractivity contribution is 7.54. The minimum atomic E-state index is -2.97. The molecular weight excluding hydrogens is 225 g/mol. The summed E-state index contributed by atoms with van der Waals surface area (Å²) in [7, 11) is -2.97. The molecule has 0 aromatic rings. The van der Waals surface area contributed by atoms with Crippen LogP contribution in [-0.2, 0) is 13.6 Å². The van der Waals surface area contributed by atoms with Crippen LogP contribution in [0.5, 0.6) is 0 Å². The maximum atomic E-state index is 12.6. The molecule has 1 N–H and O–H groups in total. The van der Waals surface area contributed by atoms with Gasteiger partial charge in [-0.05, 0) is 33.6 Å². The van der Waals surface area contributed by atoms with Crippen molar-refractivity contribution >= 4 is 7.60 Å². The summed E-state index contributed by atoms with van der Waals surface area (Å²) in [6.45, 7) is 6.70. The van der Waals surface area contributed by atoms with E-state index in [-0.39, 0.29) is 5.78 Å². The van der Waals surface area contributed by atoms with Crippen molar-refractivity contribution in [2.24, 2.45) is 0 Å². The van der Waals surface area contributed by atoms with Gasteiger partial charge in [0.05, 0.1) is 13.2 Å². The van der Waals surface area contributed by atoms with E-state index in [4.69, 9.17) is 9.05 Å². The van der Waals surface area contributed by atoms with E-state index in [0.29, 0.717) is 19.3 Å². The third-order valence-electron chi connectivity index (χ3n) is 2.84. The molecule has 1 fully saturated rings. The molecule has 96 valence electrons. The highest BCUT2D eigenvalue weighted by Crippen LogP contribution is 2.54. The Balaban J connectivity index is 2.71. The maximum Gasteiger partial charge on any atom is 0.347 e. The first-order chi connectivity index (χ1) is 7.62. The van der Waals surface area contributed by atoms with Crippen molar-refractivity contribution in [2.75, 3.05) is 13.2 Å². The molecule has 1 aliphatic heterocycles. The van der Waals surface area contributed by atoms with Gasteiger partial charge in [0, 0.05) is 6.04 Å². The Morgan fingerprint density at radius 2 is 1.75 bits per heavy atom. The summed E-state index contributed by atoms with van der Waals surface area (Å²) in [5.74, 6) is -0.134. The number of hydrogen-bond acceptors (Lipinski definition) is 4. The van der Waals surface area contributed by atoms with Crippen LogP contribution in [0.1, 0.15) is 46.5 Å². The van der Waals surface area contributed by atoms with Crippen molar-refractivity contribution in [3.05, 3.63) is 0 Å². The molecule has 0 aliphatic carbocycles. The summed E-state index contributed by atoms with van der Waals surface area (Å²) in [5.41, 5.74) is 0. The maximum absolute atomic E-state index is 12.6. The van der Waals surface area contributed by atoms with Gasteiger partial charge in [-0.2, -0.15) is 0 Å². The van der Waals surface area contributed by atoms with Crippen LogP contribution in [0, 0.1) is 0 Å². The zero-order chi connectivity index (χ0) is 12.0. The Labute approximate surface area is 98.6 Å². The summed E-state index contributed by atoms with van der Waals surface area (Å²) in [6.07, 6.45) is 4.28. The van der Waals surface area contributed by atoms with E-state index in [0.717, 1.165) is 19.3 Å². The summed E-state index contributed by atoms with van der Waals surface area (Å²) in [4.78, 5) is 0. The molecule has 0 bridgehead atoms. The Morgan fingerprint density at radius 3 is 2.31 bits per heavy atom. The molecule has 0 aromatic heterocycles. The van der Waals surface area contributed by atoms with Crippen molar-refractivity contribution in [3.8, 4) is 0 Å². The fourth-order valence-electron chi connectivity index (χ4n) is 2.11. The van der Waals surface area contributed by atoms with Gasteiger partial charge < -0.3 is 14.4 Å². The van der Waals surface area contributed by atoms with E-state index in [2.05, 4.69) is 12.2 Å². The van der Waals surface area contributed by atoms with Gasteiger partial charge in [-0.1, -0.05) is 12.8 Å². The largest absolute Gasteiger partial charge is 0.347 e. The molecule has 0 saturated carbocycles. The van der Waals surface area contributed by atoms with Crippen molar-refractivity contribution in [3.63, 3.8) is 0 Å². The monoisotopic (exact) mass is 249 g/mol. The van der Waals surface area contributed by atoms with Crippen LogP contribution in [-0.4, -0.2) is 25.0 Å². The number of rotatable bonds is 5. The van der Waals surface area contributed by atoms with Crippen LogP contribution in [0.15, 0.2) is 0 Å². The Bertz CT molecular complexity index is 237. The van der Waals surface area contributed by atoms with Gasteiger partial charge >= 0.3 is 7.60 Å². The lowest BCUT2D eigenvalue weighted by Crippen LogP contribution is -2.35. The minimum absolute atomic E-state index is 0.134. The molecular formula is C11H24NO3P. The smallest absolute Gasteiger partial charge is 0.308 e. The van der Waals surface area contributed by atoms with Crippen LogP contribution in [0.3, 0.4) is 0 Å². The first kappa shape index (κ1) is 14.2. The summed E-state index contributed by atoms with van der Waals surface area (Å²) in [5, 5.41) is 3.38. The highest BCUT2D eigenvalue weighted by atomic mass is 31.2. The summed E-state index contributed by atoms with van der Waals surface area (Å²) < 4.78 is 23.3. The summed E-state index contributed by atoms with van der Waals surface area (Å²) in [6, 6.07) is 0.390. The van der Waals surface area contributed by atoms with E-state index in [1.54, 1.807) is 0 Å². The van der Waals surface area contributed by atoms with E-state index >= 15 is 0 Å². The molecule has 2 atom stereocenters. The van der Waals surface area contributed by atoms with Gasteiger partial charge in [-0.25, -0.2) is 0 Å². The SMILES string of the molecule is CCOP(=O)(OCC)[C@@H]1CCCC[C@H](C)N1. The number of nitrogens with one attached hydrogen (secondary N) is 1. The Kier molecular flexibility index (Phi) is 5.98. The van der Waals surface area contributed by atoms with Crippen LogP contribution in [0.4, 0.5) is 0 Å². The lowest BCUT2D eigenvalue weighted by molar-refractivity contribution is 0.204. The fourth-order valence-corrected chi connectivity index (χ4v) is 4.20. The predicted molar refractivity (Wildman–Crippen MR) is 65.7 cm³/mol. The average Bonchev–Trinajstić information content (AvgIpc) is 2.44. The first-order valence-corrected chi connectivity index (χ1v) is 7.88. The van der Waals surface area contributed by atoms with Crippen molar-refractivity contribution in [2.45, 2.75) is 58.3 Å². The zero-order valence-electron chi connectivity index (χ0n) is 10.6. The second kappa shape index (κ2) is 6.75. The molecule has 0 radical (unpaired) electrons. The van der Waals surface area contributed by atoms with Gasteiger partial charge in [-0.15, -0.1) is 0 Å². The zero-order valence-corrected chi connectivity index (χ0v) is 11.5. The molecule has 0 spiro atoms. The van der Waals surface area contributed by atoms with Crippen molar-refractivity contribution in [1.29, 1.82) is 0 Å². The van der Waals surface area contributed by atoms with Gasteiger partial charge in [0.15, 0.2) is 0 Å². The molecule has 0 aromatic carbocycles. The lowest BCUT2D eigenvalue weighted by Gasteiger charge is -2.27. The normalized spacial score (nSPS) is 27.7. The molecule has 1 saturated heterocycles. The van der Waals surface area contributed by atoms with Crippen LogP contribution < -0.4 is 5.32 Å². The average molecular weight is 249 g/mol. The fraction of sp³-hybridized carbons (Fsp3) is 1.00. The van der Waals surface area contributed by atoms with Crippen LogP contribution in [0.2, 0.25) is 0 Å². The van der Waals surface area contributed by atoms with Crippen molar-refractivity contribution in [1.82, 2.24) is 5.32 Å². The van der Waals surface area contributed by atoms with E-state index in [1.165, 1.54) is 6.42 Å². The molecule has 4 nitrogen and oxygen atoms in total.